The maximum atomic E-state index is 15.0. The van der Waals surface area contributed by atoms with E-state index in [1.165, 1.54) is 5.56 Å². The molecule has 0 saturated carbocycles. The van der Waals surface area contributed by atoms with Gasteiger partial charge in [-0.2, -0.15) is 0 Å². The molecule has 0 N–H and O–H groups in total. The van der Waals surface area contributed by atoms with Gasteiger partial charge in [0, 0.05) is 33.9 Å². The number of benzene rings is 4. The van der Waals surface area contributed by atoms with E-state index in [2.05, 4.69) is 18.7 Å². The average Bonchev–Trinajstić information content (AvgIpc) is 3.47. The third-order valence-electron chi connectivity index (χ3n) is 9.42. The molecule has 0 bridgehead atoms. The van der Waals surface area contributed by atoms with Crippen molar-refractivity contribution in [2.45, 2.75) is 45.2 Å². The van der Waals surface area contributed by atoms with Crippen molar-refractivity contribution in [3.05, 3.63) is 137 Å². The Bertz CT molecular complexity index is 1780. The molecule has 7 rings (SSSR count). The van der Waals surface area contributed by atoms with Gasteiger partial charge >= 0.3 is 0 Å². The van der Waals surface area contributed by atoms with Crippen molar-refractivity contribution in [3.63, 3.8) is 0 Å². The van der Waals surface area contributed by atoms with E-state index in [1.54, 1.807) is 24.3 Å². The van der Waals surface area contributed by atoms with Crippen LogP contribution in [0.4, 0.5) is 5.69 Å². The molecule has 5 nitrogen and oxygen atoms in total. The number of carbonyl (C=O) groups excluding carboxylic acids is 3. The molecule has 1 aliphatic carbocycles. The highest BCUT2D eigenvalue weighted by molar-refractivity contribution is 6.32. The number of ether oxygens (including phenoxy) is 1. The number of carbonyl (C=O) groups is 3. The van der Waals surface area contributed by atoms with Crippen LogP contribution >= 0.6 is 0 Å². The van der Waals surface area contributed by atoms with Gasteiger partial charge in [-0.15, -0.1) is 0 Å². The lowest BCUT2D eigenvalue weighted by atomic mass is 9.64. The minimum absolute atomic E-state index is 0.124. The molecule has 0 unspecified atom stereocenters. The summed E-state index contributed by atoms with van der Waals surface area (Å²) in [7, 11) is 0. The predicted octanol–water partition coefficient (Wildman–Crippen LogP) is 7.60. The molecular formula is C39H35NO4. The van der Waals surface area contributed by atoms with Crippen LogP contribution in [0.15, 0.2) is 103 Å². The predicted molar refractivity (Wildman–Crippen MR) is 173 cm³/mol. The minimum Gasteiger partial charge on any atom is -0.494 e. The smallest absolute Gasteiger partial charge is 0.185 e. The van der Waals surface area contributed by atoms with Gasteiger partial charge in [0.05, 0.1) is 12.6 Å². The Kier molecular flexibility index (Phi) is 6.84. The summed E-state index contributed by atoms with van der Waals surface area (Å²) in [6.45, 7) is 6.66. The lowest BCUT2D eigenvalue weighted by molar-refractivity contribution is 0.0664. The normalized spacial score (nSPS) is 21.0. The monoisotopic (exact) mass is 581 g/mol. The molecule has 220 valence electrons. The average molecular weight is 582 g/mol. The molecule has 44 heavy (non-hydrogen) atoms. The summed E-state index contributed by atoms with van der Waals surface area (Å²) in [5.74, 6) is -0.337. The maximum Gasteiger partial charge on any atom is 0.185 e. The SMILES string of the molecule is CCOc1ccccc1[C@@H]1[C@H](C(=O)c2ccc(CC(C)C)cc2)N2c3ccccc3C=C[C@@H]2C12C(=O)c1ccccc1C2=O. The van der Waals surface area contributed by atoms with E-state index in [-0.39, 0.29) is 17.3 Å². The zero-order valence-electron chi connectivity index (χ0n) is 25.2. The first kappa shape index (κ1) is 28.0. The fraction of sp³-hybridized carbons (Fsp3) is 0.256. The number of nitrogens with zero attached hydrogens (tertiary/aromatic N) is 1. The number of anilines is 1. The van der Waals surface area contributed by atoms with Gasteiger partial charge in [0.2, 0.25) is 0 Å². The molecule has 4 aromatic rings. The van der Waals surface area contributed by atoms with Crippen molar-refractivity contribution in [1.29, 1.82) is 0 Å². The van der Waals surface area contributed by atoms with E-state index in [0.717, 1.165) is 17.7 Å². The highest BCUT2D eigenvalue weighted by atomic mass is 16.5. The number of hydrogen-bond donors (Lipinski definition) is 0. The Hall–Kier alpha value is -4.77. The highest BCUT2D eigenvalue weighted by Crippen LogP contribution is 2.62. The van der Waals surface area contributed by atoms with Crippen LogP contribution in [0.1, 0.15) is 74.5 Å². The second-order valence-electron chi connectivity index (χ2n) is 12.4. The molecule has 2 aliphatic heterocycles. The van der Waals surface area contributed by atoms with Gasteiger partial charge in [-0.1, -0.05) is 111 Å². The van der Waals surface area contributed by atoms with Gasteiger partial charge < -0.3 is 9.64 Å². The molecule has 1 saturated heterocycles. The van der Waals surface area contributed by atoms with Crippen molar-refractivity contribution in [3.8, 4) is 5.75 Å². The summed E-state index contributed by atoms with van der Waals surface area (Å²) in [6, 6.07) is 28.8. The van der Waals surface area contributed by atoms with Crippen LogP contribution in [-0.4, -0.2) is 36.0 Å². The standard InChI is InChI=1S/C39H35NO4/c1-4-44-32-16-10-8-14-30(32)34-35(36(41)27-19-17-25(18-20-27)23-24(2)3)40-31-15-9-5-11-26(31)21-22-33(40)39(34)37(42)28-12-6-7-13-29(28)38(39)43/h5-22,24,33-35H,4,23H2,1-3H3/t33-,34-,35-/m1/s1. The van der Waals surface area contributed by atoms with Crippen molar-refractivity contribution >= 4 is 29.1 Å². The van der Waals surface area contributed by atoms with Crippen molar-refractivity contribution in [2.75, 3.05) is 11.5 Å². The molecular weight excluding hydrogens is 546 g/mol. The van der Waals surface area contributed by atoms with Crippen LogP contribution in [-0.2, 0) is 6.42 Å². The zero-order chi connectivity index (χ0) is 30.6. The summed E-state index contributed by atoms with van der Waals surface area (Å²) in [4.78, 5) is 46.8. The van der Waals surface area contributed by atoms with Crippen molar-refractivity contribution in [2.24, 2.45) is 11.3 Å². The van der Waals surface area contributed by atoms with Crippen LogP contribution in [0.25, 0.3) is 6.08 Å². The first-order chi connectivity index (χ1) is 21.4. The Morgan fingerprint density at radius 2 is 1.48 bits per heavy atom. The Balaban J connectivity index is 1.50. The van der Waals surface area contributed by atoms with Gasteiger partial charge in [0.25, 0.3) is 0 Å². The molecule has 5 heteroatoms. The number of para-hydroxylation sites is 2. The summed E-state index contributed by atoms with van der Waals surface area (Å²) in [6.07, 6.45) is 4.86. The number of Topliss-reactive ketones (excluding diaryl/α,β-unsaturated/α-hetero) is 3. The quantitative estimate of drug-likeness (QED) is 0.166. The number of rotatable bonds is 7. The molecule has 1 spiro atoms. The Morgan fingerprint density at radius 1 is 0.841 bits per heavy atom. The minimum atomic E-state index is -1.56. The molecule has 2 heterocycles. The lowest BCUT2D eigenvalue weighted by Gasteiger charge is -2.37. The van der Waals surface area contributed by atoms with Gasteiger partial charge in [0.1, 0.15) is 17.2 Å². The van der Waals surface area contributed by atoms with Gasteiger partial charge in [0.15, 0.2) is 17.3 Å². The lowest BCUT2D eigenvalue weighted by Crippen LogP contribution is -2.48. The molecule has 3 atom stereocenters. The van der Waals surface area contributed by atoms with E-state index < -0.39 is 23.4 Å². The third-order valence-corrected chi connectivity index (χ3v) is 9.42. The summed E-state index contributed by atoms with van der Waals surface area (Å²) < 4.78 is 6.14. The van der Waals surface area contributed by atoms with Gasteiger partial charge in [-0.25, -0.2) is 0 Å². The first-order valence-corrected chi connectivity index (χ1v) is 15.5. The number of fused-ring (bicyclic) bond motifs is 5. The fourth-order valence-electron chi connectivity index (χ4n) is 7.73. The van der Waals surface area contributed by atoms with Crippen LogP contribution in [0.3, 0.4) is 0 Å². The molecule has 4 aromatic carbocycles. The van der Waals surface area contributed by atoms with E-state index in [4.69, 9.17) is 4.74 Å². The van der Waals surface area contributed by atoms with Crippen LogP contribution < -0.4 is 9.64 Å². The van der Waals surface area contributed by atoms with E-state index in [1.807, 2.05) is 91.9 Å². The second kappa shape index (κ2) is 10.7. The van der Waals surface area contributed by atoms with Crippen molar-refractivity contribution < 1.29 is 19.1 Å². The second-order valence-corrected chi connectivity index (χ2v) is 12.4. The topological polar surface area (TPSA) is 63.7 Å². The van der Waals surface area contributed by atoms with Crippen LogP contribution in [0, 0.1) is 11.3 Å². The number of ketones is 3. The third kappa shape index (κ3) is 4.02. The van der Waals surface area contributed by atoms with E-state index in [9.17, 15) is 14.4 Å². The first-order valence-electron chi connectivity index (χ1n) is 15.5. The van der Waals surface area contributed by atoms with Crippen LogP contribution in [0.5, 0.6) is 5.75 Å². The highest BCUT2D eigenvalue weighted by Gasteiger charge is 2.71. The Labute approximate surface area is 258 Å². The summed E-state index contributed by atoms with van der Waals surface area (Å²) in [5, 5.41) is 0. The van der Waals surface area contributed by atoms with Crippen LogP contribution in [0.2, 0.25) is 0 Å². The molecule has 1 fully saturated rings. The fourth-order valence-corrected chi connectivity index (χ4v) is 7.73. The Morgan fingerprint density at radius 3 is 2.16 bits per heavy atom. The van der Waals surface area contributed by atoms with Gasteiger partial charge in [-0.3, -0.25) is 14.4 Å². The molecule has 3 aliphatic rings. The molecule has 0 aromatic heterocycles. The summed E-state index contributed by atoms with van der Waals surface area (Å²) >= 11 is 0. The van der Waals surface area contributed by atoms with Gasteiger partial charge in [-0.05, 0) is 42.5 Å². The maximum absolute atomic E-state index is 15.0. The molecule has 0 radical (unpaired) electrons. The number of hydrogen-bond acceptors (Lipinski definition) is 5. The van der Waals surface area contributed by atoms with E-state index in [0.29, 0.717) is 40.5 Å². The molecule has 0 amide bonds. The summed E-state index contributed by atoms with van der Waals surface area (Å²) in [5.41, 5.74) is 3.46. The van der Waals surface area contributed by atoms with E-state index >= 15 is 0 Å². The largest absolute Gasteiger partial charge is 0.494 e. The zero-order valence-corrected chi connectivity index (χ0v) is 25.2. The van der Waals surface area contributed by atoms with Crippen molar-refractivity contribution in [1.82, 2.24) is 0 Å².